The molecule has 1 aromatic carbocycles. The molecule has 1 N–H and O–H groups in total. The Morgan fingerprint density at radius 3 is 2.72 bits per heavy atom. The molecule has 1 aromatic heterocycles. The highest BCUT2D eigenvalue weighted by Gasteiger charge is 2.22. The van der Waals surface area contributed by atoms with Crippen LogP contribution in [0.1, 0.15) is 5.56 Å². The lowest BCUT2D eigenvalue weighted by Crippen LogP contribution is -2.20. The van der Waals surface area contributed by atoms with E-state index in [1.54, 1.807) is 25.1 Å². The third-order valence-electron chi connectivity index (χ3n) is 3.57. The molecular formula is C15H15ClF2N4O3. The Morgan fingerprint density at radius 1 is 1.32 bits per heavy atom. The van der Waals surface area contributed by atoms with E-state index in [9.17, 15) is 8.78 Å². The van der Waals surface area contributed by atoms with Gasteiger partial charge in [-0.25, -0.2) is 9.97 Å². The molecule has 10 heteroatoms. The van der Waals surface area contributed by atoms with Gasteiger partial charge in [0.1, 0.15) is 17.8 Å². The van der Waals surface area contributed by atoms with Gasteiger partial charge >= 0.3 is 6.61 Å². The van der Waals surface area contributed by atoms with E-state index in [4.69, 9.17) is 21.1 Å². The maximum Gasteiger partial charge on any atom is 0.387 e. The first-order chi connectivity index (χ1) is 12.0. The molecule has 7 nitrogen and oxygen atoms in total. The molecule has 0 saturated carbocycles. The summed E-state index contributed by atoms with van der Waals surface area (Å²) in [5.41, 5.74) is 1.02. The molecule has 0 fully saturated rings. The fourth-order valence-corrected chi connectivity index (χ4v) is 2.71. The van der Waals surface area contributed by atoms with Gasteiger partial charge in [0.15, 0.2) is 22.5 Å². The monoisotopic (exact) mass is 372 g/mol. The summed E-state index contributed by atoms with van der Waals surface area (Å²) in [6.45, 7) is -2.69. The fourth-order valence-electron chi connectivity index (χ4n) is 2.49. The SMILES string of the molecule is CNc1c(Cl)ncnc1N(C)Cc1cc2c(cc1OC(F)F)OCO2. The van der Waals surface area contributed by atoms with Crippen LogP contribution in [0.3, 0.4) is 0 Å². The highest BCUT2D eigenvalue weighted by atomic mass is 35.5. The zero-order valence-corrected chi connectivity index (χ0v) is 14.2. The van der Waals surface area contributed by atoms with Gasteiger partial charge in [-0.15, -0.1) is 0 Å². The molecule has 25 heavy (non-hydrogen) atoms. The average Bonchev–Trinajstić information content (AvgIpc) is 3.01. The summed E-state index contributed by atoms with van der Waals surface area (Å²) < 4.78 is 40.6. The van der Waals surface area contributed by atoms with Gasteiger partial charge in [-0.2, -0.15) is 8.78 Å². The number of benzene rings is 1. The molecule has 134 valence electrons. The van der Waals surface area contributed by atoms with E-state index in [0.717, 1.165) is 0 Å². The summed E-state index contributed by atoms with van der Waals surface area (Å²) in [5.74, 6) is 1.36. The van der Waals surface area contributed by atoms with E-state index in [1.807, 2.05) is 0 Å². The van der Waals surface area contributed by atoms with Gasteiger partial charge in [0, 0.05) is 32.3 Å². The van der Waals surface area contributed by atoms with E-state index >= 15 is 0 Å². The normalized spacial score (nSPS) is 12.4. The van der Waals surface area contributed by atoms with Crippen LogP contribution in [0.25, 0.3) is 0 Å². The van der Waals surface area contributed by atoms with Gasteiger partial charge in [-0.1, -0.05) is 11.6 Å². The van der Waals surface area contributed by atoms with Crippen molar-refractivity contribution < 1.29 is 23.0 Å². The molecular weight excluding hydrogens is 358 g/mol. The van der Waals surface area contributed by atoms with Crippen LogP contribution in [-0.4, -0.2) is 37.5 Å². The van der Waals surface area contributed by atoms with Crippen LogP contribution in [0.2, 0.25) is 5.15 Å². The Labute approximate surface area is 147 Å². The summed E-state index contributed by atoms with van der Waals surface area (Å²) in [6.07, 6.45) is 1.32. The molecule has 0 amide bonds. The lowest BCUT2D eigenvalue weighted by atomic mass is 10.1. The molecule has 0 bridgehead atoms. The van der Waals surface area contributed by atoms with Crippen molar-refractivity contribution in [3.05, 3.63) is 29.2 Å². The fraction of sp³-hybridized carbons (Fsp3) is 0.333. The molecule has 2 aromatic rings. The molecule has 0 spiro atoms. The topological polar surface area (TPSA) is 68.7 Å². The van der Waals surface area contributed by atoms with Crippen molar-refractivity contribution in [2.75, 3.05) is 31.1 Å². The van der Waals surface area contributed by atoms with E-state index < -0.39 is 6.61 Å². The van der Waals surface area contributed by atoms with Crippen molar-refractivity contribution in [2.24, 2.45) is 0 Å². The second-order valence-electron chi connectivity index (χ2n) is 5.16. The maximum atomic E-state index is 12.7. The molecule has 1 aliphatic heterocycles. The molecule has 1 aliphatic rings. The number of nitrogens with zero attached hydrogens (tertiary/aromatic N) is 3. The highest BCUT2D eigenvalue weighted by molar-refractivity contribution is 6.32. The standard InChI is InChI=1S/C15H15ClF2N4O3/c1-19-12-13(16)20-6-21-14(12)22(2)5-8-3-10-11(24-7-23-10)4-9(8)25-15(17)18/h3-4,6,15,19H,5,7H2,1-2H3. The number of aromatic nitrogens is 2. The number of hydrogen-bond acceptors (Lipinski definition) is 7. The van der Waals surface area contributed by atoms with Crippen molar-refractivity contribution in [1.29, 1.82) is 0 Å². The van der Waals surface area contributed by atoms with Crippen LogP contribution < -0.4 is 24.4 Å². The van der Waals surface area contributed by atoms with Crippen molar-refractivity contribution >= 4 is 23.1 Å². The van der Waals surface area contributed by atoms with Gasteiger partial charge < -0.3 is 24.4 Å². The summed E-state index contributed by atoms with van der Waals surface area (Å²) >= 11 is 6.05. The molecule has 0 unspecified atom stereocenters. The number of nitrogens with one attached hydrogen (secondary N) is 1. The zero-order valence-electron chi connectivity index (χ0n) is 13.4. The van der Waals surface area contributed by atoms with E-state index in [2.05, 4.69) is 20.0 Å². The minimum absolute atomic E-state index is 0.0114. The Bertz CT molecular complexity index is 779. The Morgan fingerprint density at radius 2 is 2.04 bits per heavy atom. The maximum absolute atomic E-state index is 12.7. The molecule has 2 heterocycles. The van der Waals surface area contributed by atoms with E-state index in [1.165, 1.54) is 12.4 Å². The van der Waals surface area contributed by atoms with Gasteiger partial charge in [0.25, 0.3) is 0 Å². The number of rotatable bonds is 6. The van der Waals surface area contributed by atoms with Crippen LogP contribution in [-0.2, 0) is 6.54 Å². The second-order valence-corrected chi connectivity index (χ2v) is 5.52. The van der Waals surface area contributed by atoms with Crippen molar-refractivity contribution in [3.8, 4) is 17.2 Å². The number of fused-ring (bicyclic) bond motifs is 1. The third kappa shape index (κ3) is 3.60. The van der Waals surface area contributed by atoms with E-state index in [-0.39, 0.29) is 24.2 Å². The number of anilines is 2. The first-order valence-electron chi connectivity index (χ1n) is 7.26. The number of ether oxygens (including phenoxy) is 3. The Balaban J connectivity index is 1.93. The van der Waals surface area contributed by atoms with E-state index in [0.29, 0.717) is 28.6 Å². The lowest BCUT2D eigenvalue weighted by molar-refractivity contribution is -0.0505. The molecule has 0 radical (unpaired) electrons. The molecule has 0 atom stereocenters. The summed E-state index contributed by atoms with van der Waals surface area (Å²) in [7, 11) is 3.43. The molecule has 3 rings (SSSR count). The Hall–Kier alpha value is -2.55. The quantitative estimate of drug-likeness (QED) is 0.781. The third-order valence-corrected chi connectivity index (χ3v) is 3.86. The number of alkyl halides is 2. The largest absolute Gasteiger partial charge is 0.454 e. The number of hydrogen-bond donors (Lipinski definition) is 1. The van der Waals surface area contributed by atoms with Crippen LogP contribution in [0, 0.1) is 0 Å². The van der Waals surface area contributed by atoms with Crippen molar-refractivity contribution in [1.82, 2.24) is 9.97 Å². The van der Waals surface area contributed by atoms with Crippen molar-refractivity contribution in [2.45, 2.75) is 13.2 Å². The first-order valence-corrected chi connectivity index (χ1v) is 7.64. The highest BCUT2D eigenvalue weighted by Crippen LogP contribution is 2.40. The predicted molar refractivity (Wildman–Crippen MR) is 87.9 cm³/mol. The van der Waals surface area contributed by atoms with Crippen LogP contribution in [0.15, 0.2) is 18.5 Å². The smallest absolute Gasteiger partial charge is 0.387 e. The van der Waals surface area contributed by atoms with Crippen LogP contribution >= 0.6 is 11.6 Å². The summed E-state index contributed by atoms with van der Waals surface area (Å²) in [4.78, 5) is 9.83. The Kier molecular flexibility index (Phi) is 4.93. The van der Waals surface area contributed by atoms with Crippen LogP contribution in [0.4, 0.5) is 20.3 Å². The predicted octanol–water partition coefficient (Wildman–Crippen LogP) is 3.14. The minimum Gasteiger partial charge on any atom is -0.454 e. The van der Waals surface area contributed by atoms with Gasteiger partial charge in [0.2, 0.25) is 6.79 Å². The minimum atomic E-state index is -2.95. The number of halogens is 3. The van der Waals surface area contributed by atoms with Gasteiger partial charge in [-0.3, -0.25) is 0 Å². The average molecular weight is 373 g/mol. The second kappa shape index (κ2) is 7.14. The van der Waals surface area contributed by atoms with Crippen molar-refractivity contribution in [3.63, 3.8) is 0 Å². The summed E-state index contributed by atoms with van der Waals surface area (Å²) in [5, 5.41) is 3.18. The van der Waals surface area contributed by atoms with Gasteiger partial charge in [-0.05, 0) is 6.07 Å². The first kappa shape index (κ1) is 17.3. The van der Waals surface area contributed by atoms with Gasteiger partial charge in [0.05, 0.1) is 0 Å². The molecule has 0 saturated heterocycles. The lowest BCUT2D eigenvalue weighted by Gasteiger charge is -2.22. The molecule has 0 aliphatic carbocycles. The zero-order chi connectivity index (χ0) is 18.0. The van der Waals surface area contributed by atoms with Crippen LogP contribution in [0.5, 0.6) is 17.2 Å². The summed E-state index contributed by atoms with van der Waals surface area (Å²) in [6, 6.07) is 3.00.